The molecule has 13 heavy (non-hydrogen) atoms. The summed E-state index contributed by atoms with van der Waals surface area (Å²) in [5, 5.41) is 8.70. The van der Waals surface area contributed by atoms with Crippen LogP contribution in [-0.2, 0) is 10.3 Å². The first kappa shape index (κ1) is 8.24. The minimum absolute atomic E-state index is 0.368. The molecule has 1 fully saturated rings. The van der Waals surface area contributed by atoms with Crippen molar-refractivity contribution in [2.24, 2.45) is 5.73 Å². The number of ether oxygens (including phenoxy) is 1. The quantitative estimate of drug-likeness (QED) is 0.683. The van der Waals surface area contributed by atoms with Crippen molar-refractivity contribution < 1.29 is 4.74 Å². The van der Waals surface area contributed by atoms with Crippen molar-refractivity contribution >= 4 is 0 Å². The molecule has 1 aliphatic heterocycles. The van der Waals surface area contributed by atoms with E-state index in [0.29, 0.717) is 18.8 Å². The number of nitrogens with zero attached hydrogens (tertiary/aromatic N) is 1. The maximum atomic E-state index is 8.70. The van der Waals surface area contributed by atoms with Crippen molar-refractivity contribution in [1.82, 2.24) is 0 Å². The van der Waals surface area contributed by atoms with Crippen LogP contribution in [0.5, 0.6) is 0 Å². The van der Waals surface area contributed by atoms with Crippen LogP contribution in [0.2, 0.25) is 0 Å². The highest BCUT2D eigenvalue weighted by Gasteiger charge is 2.35. The number of nitriles is 1. The Kier molecular flexibility index (Phi) is 1.80. The van der Waals surface area contributed by atoms with Gasteiger partial charge in [0, 0.05) is 0 Å². The standard InChI is InChI=1S/C10H10N2O/c11-5-8-2-1-3-9(4-8)10(12)6-13-7-10/h1-4H,6-7,12H2. The normalized spacial score (nSPS) is 18.8. The van der Waals surface area contributed by atoms with Gasteiger partial charge in [-0.3, -0.25) is 0 Å². The molecule has 0 bridgehead atoms. The fourth-order valence-electron chi connectivity index (χ4n) is 1.39. The topological polar surface area (TPSA) is 59.0 Å². The van der Waals surface area contributed by atoms with Gasteiger partial charge in [0.1, 0.15) is 0 Å². The lowest BCUT2D eigenvalue weighted by atomic mass is 9.88. The zero-order valence-corrected chi connectivity index (χ0v) is 7.16. The summed E-state index contributed by atoms with van der Waals surface area (Å²) in [6.07, 6.45) is 0. The van der Waals surface area contributed by atoms with Crippen LogP contribution in [0.25, 0.3) is 0 Å². The van der Waals surface area contributed by atoms with E-state index in [-0.39, 0.29) is 5.54 Å². The van der Waals surface area contributed by atoms with E-state index < -0.39 is 0 Å². The van der Waals surface area contributed by atoms with Gasteiger partial charge in [-0.2, -0.15) is 5.26 Å². The largest absolute Gasteiger partial charge is 0.377 e. The molecule has 2 N–H and O–H groups in total. The SMILES string of the molecule is N#Cc1cccc(C2(N)COC2)c1. The number of rotatable bonds is 1. The van der Waals surface area contributed by atoms with Gasteiger partial charge in [-0.05, 0) is 17.7 Å². The number of nitrogens with two attached hydrogens (primary N) is 1. The first-order chi connectivity index (χ1) is 6.24. The zero-order chi connectivity index (χ0) is 9.31. The van der Waals surface area contributed by atoms with Gasteiger partial charge in [-0.15, -0.1) is 0 Å². The lowest BCUT2D eigenvalue weighted by Gasteiger charge is -2.38. The first-order valence-electron chi connectivity index (χ1n) is 4.12. The van der Waals surface area contributed by atoms with Crippen LogP contribution in [0.4, 0.5) is 0 Å². The maximum Gasteiger partial charge on any atom is 0.0991 e. The molecule has 0 aliphatic carbocycles. The Hall–Kier alpha value is -1.37. The Labute approximate surface area is 76.7 Å². The van der Waals surface area contributed by atoms with Crippen LogP contribution in [0.1, 0.15) is 11.1 Å². The summed E-state index contributed by atoms with van der Waals surface area (Å²) >= 11 is 0. The molecule has 1 aromatic rings. The molecule has 1 aromatic carbocycles. The second-order valence-electron chi connectivity index (χ2n) is 3.34. The van der Waals surface area contributed by atoms with Gasteiger partial charge in [-0.25, -0.2) is 0 Å². The average molecular weight is 174 g/mol. The summed E-state index contributed by atoms with van der Waals surface area (Å²) in [6.45, 7) is 1.09. The first-order valence-corrected chi connectivity index (χ1v) is 4.12. The van der Waals surface area contributed by atoms with Gasteiger partial charge in [0.25, 0.3) is 0 Å². The number of hydrogen-bond acceptors (Lipinski definition) is 3. The smallest absolute Gasteiger partial charge is 0.0991 e. The Morgan fingerprint density at radius 1 is 1.46 bits per heavy atom. The van der Waals surface area contributed by atoms with Crippen molar-refractivity contribution in [3.8, 4) is 6.07 Å². The third kappa shape index (κ3) is 1.31. The van der Waals surface area contributed by atoms with Crippen LogP contribution < -0.4 is 5.73 Å². The molecule has 2 rings (SSSR count). The van der Waals surface area contributed by atoms with Crippen molar-refractivity contribution in [3.05, 3.63) is 35.4 Å². The molecule has 66 valence electrons. The Balaban J connectivity index is 2.36. The minimum Gasteiger partial charge on any atom is -0.377 e. The molecule has 0 unspecified atom stereocenters. The van der Waals surface area contributed by atoms with Crippen LogP contribution in [-0.4, -0.2) is 13.2 Å². The fourth-order valence-corrected chi connectivity index (χ4v) is 1.39. The summed E-state index contributed by atoms with van der Waals surface area (Å²) in [4.78, 5) is 0. The fraction of sp³-hybridized carbons (Fsp3) is 0.300. The van der Waals surface area contributed by atoms with Gasteiger partial charge in [0.15, 0.2) is 0 Å². The van der Waals surface area contributed by atoms with Crippen molar-refractivity contribution in [2.75, 3.05) is 13.2 Å². The molecule has 1 heterocycles. The molecule has 0 saturated carbocycles. The molecular formula is C10H10N2O. The van der Waals surface area contributed by atoms with Gasteiger partial charge in [0.05, 0.1) is 30.4 Å². The van der Waals surface area contributed by atoms with Gasteiger partial charge in [-0.1, -0.05) is 12.1 Å². The van der Waals surface area contributed by atoms with Gasteiger partial charge < -0.3 is 10.5 Å². The highest BCUT2D eigenvalue weighted by molar-refractivity contribution is 5.37. The van der Waals surface area contributed by atoms with E-state index in [1.165, 1.54) is 0 Å². The summed E-state index contributed by atoms with van der Waals surface area (Å²) in [5.74, 6) is 0. The molecule has 0 amide bonds. The molecule has 0 radical (unpaired) electrons. The third-order valence-electron chi connectivity index (χ3n) is 2.29. The second-order valence-corrected chi connectivity index (χ2v) is 3.34. The van der Waals surface area contributed by atoms with Crippen LogP contribution in [0.15, 0.2) is 24.3 Å². The van der Waals surface area contributed by atoms with E-state index in [1.54, 1.807) is 6.07 Å². The lowest BCUT2D eigenvalue weighted by molar-refractivity contribution is -0.0569. The molecular weight excluding hydrogens is 164 g/mol. The maximum absolute atomic E-state index is 8.70. The number of hydrogen-bond donors (Lipinski definition) is 1. The molecule has 3 heteroatoms. The van der Waals surface area contributed by atoms with Gasteiger partial charge >= 0.3 is 0 Å². The predicted octanol–water partition coefficient (Wildman–Crippen LogP) is 0.742. The Morgan fingerprint density at radius 3 is 2.77 bits per heavy atom. The predicted molar refractivity (Wildman–Crippen MR) is 47.8 cm³/mol. The zero-order valence-electron chi connectivity index (χ0n) is 7.16. The van der Waals surface area contributed by atoms with E-state index >= 15 is 0 Å². The summed E-state index contributed by atoms with van der Waals surface area (Å²) in [7, 11) is 0. The monoisotopic (exact) mass is 174 g/mol. The molecule has 0 atom stereocenters. The summed E-state index contributed by atoms with van der Waals surface area (Å²) < 4.78 is 5.06. The van der Waals surface area contributed by atoms with Crippen molar-refractivity contribution in [3.63, 3.8) is 0 Å². The van der Waals surface area contributed by atoms with E-state index in [4.69, 9.17) is 15.7 Å². The summed E-state index contributed by atoms with van der Waals surface area (Å²) in [5.41, 5.74) is 7.28. The highest BCUT2D eigenvalue weighted by atomic mass is 16.5. The van der Waals surface area contributed by atoms with E-state index in [9.17, 15) is 0 Å². The molecule has 3 nitrogen and oxygen atoms in total. The van der Waals surface area contributed by atoms with Gasteiger partial charge in [0.2, 0.25) is 0 Å². The average Bonchev–Trinajstić information content (AvgIpc) is 2.14. The summed E-state index contributed by atoms with van der Waals surface area (Å²) in [6, 6.07) is 9.47. The van der Waals surface area contributed by atoms with Crippen LogP contribution >= 0.6 is 0 Å². The molecule has 0 aromatic heterocycles. The van der Waals surface area contributed by atoms with Crippen molar-refractivity contribution in [2.45, 2.75) is 5.54 Å². The van der Waals surface area contributed by atoms with Crippen molar-refractivity contribution in [1.29, 1.82) is 5.26 Å². The van der Waals surface area contributed by atoms with E-state index in [0.717, 1.165) is 5.56 Å². The van der Waals surface area contributed by atoms with Crippen LogP contribution in [0, 0.1) is 11.3 Å². The van der Waals surface area contributed by atoms with E-state index in [1.807, 2.05) is 18.2 Å². The second kappa shape index (κ2) is 2.84. The van der Waals surface area contributed by atoms with Crippen LogP contribution in [0.3, 0.4) is 0 Å². The Bertz CT molecular complexity index is 363. The Morgan fingerprint density at radius 2 is 2.23 bits per heavy atom. The lowest BCUT2D eigenvalue weighted by Crippen LogP contribution is -2.54. The molecule has 0 spiro atoms. The molecule has 1 aliphatic rings. The highest BCUT2D eigenvalue weighted by Crippen LogP contribution is 2.26. The number of benzene rings is 1. The minimum atomic E-state index is -0.368. The molecule has 1 saturated heterocycles. The van der Waals surface area contributed by atoms with E-state index in [2.05, 4.69) is 6.07 Å². The third-order valence-corrected chi connectivity index (χ3v) is 2.29.